The molecule has 5 rings (SSSR count). The number of piperidine rings is 1. The van der Waals surface area contributed by atoms with Crippen LogP contribution in [0.2, 0.25) is 0 Å². The molecule has 162 valence electrons. The zero-order chi connectivity index (χ0) is 21.5. The molecule has 1 amide bonds. The number of hydrogen-bond acceptors (Lipinski definition) is 7. The van der Waals surface area contributed by atoms with Gasteiger partial charge in [0.2, 0.25) is 0 Å². The van der Waals surface area contributed by atoms with Crippen molar-refractivity contribution >= 4 is 42.6 Å². The molecular weight excluding hydrogens is 438 g/mol. The average molecular weight is 460 g/mol. The van der Waals surface area contributed by atoms with E-state index in [1.54, 1.807) is 41.3 Å². The first-order chi connectivity index (χ1) is 14.9. The number of thiazole rings is 1. The second-order valence-electron chi connectivity index (χ2n) is 7.52. The van der Waals surface area contributed by atoms with Crippen molar-refractivity contribution in [2.75, 3.05) is 31.0 Å². The second kappa shape index (κ2) is 7.86. The van der Waals surface area contributed by atoms with Gasteiger partial charge in [0.15, 0.2) is 10.9 Å². The number of carbonyl (C=O) groups excluding carboxylic acids is 1. The first-order valence-electron chi connectivity index (χ1n) is 10.00. The Hall–Kier alpha value is -2.53. The molecule has 31 heavy (non-hydrogen) atoms. The Labute approximate surface area is 183 Å². The van der Waals surface area contributed by atoms with Gasteiger partial charge in [-0.15, -0.1) is 0 Å². The largest absolute Gasteiger partial charge is 0.347 e. The summed E-state index contributed by atoms with van der Waals surface area (Å²) in [7, 11) is -3.72. The molecule has 8 nitrogen and oxygen atoms in total. The number of hydrogen-bond donors (Lipinski definition) is 1. The lowest BCUT2D eigenvalue weighted by atomic mass is 10.0. The summed E-state index contributed by atoms with van der Waals surface area (Å²) in [6.45, 7) is 2.35. The summed E-state index contributed by atoms with van der Waals surface area (Å²) in [4.78, 5) is 19.3. The molecule has 3 heterocycles. The Morgan fingerprint density at radius 2 is 1.77 bits per heavy atom. The number of rotatable bonds is 4. The van der Waals surface area contributed by atoms with Gasteiger partial charge in [-0.05, 0) is 30.3 Å². The third-order valence-corrected chi connectivity index (χ3v) is 7.95. The van der Waals surface area contributed by atoms with Crippen LogP contribution in [0.25, 0.3) is 10.2 Å². The van der Waals surface area contributed by atoms with Gasteiger partial charge in [-0.2, -0.15) is 0 Å². The highest BCUT2D eigenvalue weighted by molar-refractivity contribution is 7.93. The minimum Gasteiger partial charge on any atom is -0.347 e. The van der Waals surface area contributed by atoms with E-state index in [9.17, 15) is 13.2 Å². The van der Waals surface area contributed by atoms with Gasteiger partial charge in [0, 0.05) is 31.5 Å². The Bertz CT molecular complexity index is 1210. The average Bonchev–Trinajstić information content (AvgIpc) is 3.40. The number of benzene rings is 2. The van der Waals surface area contributed by atoms with Gasteiger partial charge in [0.25, 0.3) is 15.9 Å². The summed E-state index contributed by atoms with van der Waals surface area (Å²) >= 11 is 1.20. The molecule has 2 aromatic carbocycles. The molecule has 0 aliphatic carbocycles. The normalized spacial score (nSPS) is 18.5. The number of carbonyl (C=O) groups is 1. The quantitative estimate of drug-likeness (QED) is 0.644. The molecule has 0 unspecified atom stereocenters. The highest BCUT2D eigenvalue weighted by Gasteiger charge is 2.40. The standard InChI is InChI=1S/C21H21N3O5S2/c25-19(24-10-8-21(9-11-24)28-12-13-29-21)15-6-7-17-18(14-15)30-20(22-17)23-31(26,27)16-4-2-1-3-5-16/h1-7,14H,8-13H2,(H,22,23). The van der Waals surface area contributed by atoms with Crippen LogP contribution < -0.4 is 4.72 Å². The summed E-state index contributed by atoms with van der Waals surface area (Å²) in [6, 6.07) is 13.4. The van der Waals surface area contributed by atoms with Crippen molar-refractivity contribution in [2.24, 2.45) is 0 Å². The van der Waals surface area contributed by atoms with Gasteiger partial charge >= 0.3 is 0 Å². The molecule has 3 aromatic rings. The zero-order valence-electron chi connectivity index (χ0n) is 16.6. The molecular formula is C21H21N3O5S2. The van der Waals surface area contributed by atoms with E-state index in [0.717, 1.165) is 4.70 Å². The Balaban J connectivity index is 1.32. The second-order valence-corrected chi connectivity index (χ2v) is 10.2. The van der Waals surface area contributed by atoms with E-state index in [2.05, 4.69) is 9.71 Å². The van der Waals surface area contributed by atoms with E-state index in [-0.39, 0.29) is 15.9 Å². The molecule has 0 radical (unpaired) electrons. The SMILES string of the molecule is O=C(c1ccc2nc(NS(=O)(=O)c3ccccc3)sc2c1)N1CCC2(CC1)OCCO2. The number of ether oxygens (including phenoxy) is 2. The monoisotopic (exact) mass is 459 g/mol. The van der Waals surface area contributed by atoms with E-state index in [1.807, 2.05) is 0 Å². The summed E-state index contributed by atoms with van der Waals surface area (Å²) in [5.74, 6) is -0.585. The van der Waals surface area contributed by atoms with E-state index in [4.69, 9.17) is 9.47 Å². The molecule has 1 aromatic heterocycles. The molecule has 2 aliphatic heterocycles. The number of aromatic nitrogens is 1. The van der Waals surface area contributed by atoms with Crippen LogP contribution in [-0.4, -0.2) is 56.3 Å². The summed E-state index contributed by atoms with van der Waals surface area (Å²) in [6.07, 6.45) is 1.32. The number of sulfonamides is 1. The number of nitrogens with zero attached hydrogens (tertiary/aromatic N) is 2. The summed E-state index contributed by atoms with van der Waals surface area (Å²) in [5, 5.41) is 0.263. The number of fused-ring (bicyclic) bond motifs is 1. The molecule has 10 heteroatoms. The highest BCUT2D eigenvalue weighted by atomic mass is 32.2. The predicted octanol–water partition coefficient (Wildman–Crippen LogP) is 3.08. The van der Waals surface area contributed by atoms with Gasteiger partial charge in [-0.25, -0.2) is 13.4 Å². The molecule has 2 aliphatic rings. The van der Waals surface area contributed by atoms with Crippen molar-refractivity contribution in [3.63, 3.8) is 0 Å². The molecule has 2 saturated heterocycles. The Kier molecular flexibility index (Phi) is 5.17. The molecule has 0 bridgehead atoms. The van der Waals surface area contributed by atoms with E-state index in [0.29, 0.717) is 50.2 Å². The van der Waals surface area contributed by atoms with Crippen LogP contribution in [0, 0.1) is 0 Å². The van der Waals surface area contributed by atoms with Crippen LogP contribution in [-0.2, 0) is 19.5 Å². The predicted molar refractivity (Wildman–Crippen MR) is 117 cm³/mol. The van der Waals surface area contributed by atoms with E-state index in [1.165, 1.54) is 23.5 Å². The van der Waals surface area contributed by atoms with Crippen molar-refractivity contribution in [2.45, 2.75) is 23.5 Å². The number of amides is 1. The van der Waals surface area contributed by atoms with Crippen molar-refractivity contribution in [3.8, 4) is 0 Å². The maximum atomic E-state index is 13.0. The highest BCUT2D eigenvalue weighted by Crippen LogP contribution is 2.33. The minimum atomic E-state index is -3.72. The summed E-state index contributed by atoms with van der Waals surface area (Å²) in [5.41, 5.74) is 1.19. The molecule has 0 atom stereocenters. The first kappa shape index (κ1) is 20.4. The third kappa shape index (κ3) is 4.03. The third-order valence-electron chi connectivity index (χ3n) is 5.54. The number of likely N-dealkylation sites (tertiary alicyclic amines) is 1. The maximum absolute atomic E-state index is 13.0. The smallest absolute Gasteiger partial charge is 0.263 e. The summed E-state index contributed by atoms with van der Waals surface area (Å²) < 4.78 is 39.8. The van der Waals surface area contributed by atoms with E-state index >= 15 is 0 Å². The van der Waals surface area contributed by atoms with Crippen LogP contribution in [0.3, 0.4) is 0 Å². The van der Waals surface area contributed by atoms with Gasteiger partial charge in [0.05, 0.1) is 28.3 Å². The van der Waals surface area contributed by atoms with Gasteiger partial charge < -0.3 is 14.4 Å². The topological polar surface area (TPSA) is 97.8 Å². The fourth-order valence-electron chi connectivity index (χ4n) is 3.89. The van der Waals surface area contributed by atoms with Crippen LogP contribution in [0.4, 0.5) is 5.13 Å². The molecule has 1 N–H and O–H groups in total. The Morgan fingerprint density at radius 3 is 2.48 bits per heavy atom. The van der Waals surface area contributed by atoms with Crippen molar-refractivity contribution in [3.05, 3.63) is 54.1 Å². The molecule has 1 spiro atoms. The zero-order valence-corrected chi connectivity index (χ0v) is 18.2. The van der Waals surface area contributed by atoms with Gasteiger partial charge in [-0.1, -0.05) is 29.5 Å². The fourth-order valence-corrected chi connectivity index (χ4v) is 6.05. The van der Waals surface area contributed by atoms with Crippen LogP contribution in [0.1, 0.15) is 23.2 Å². The van der Waals surface area contributed by atoms with Crippen molar-refractivity contribution in [1.29, 1.82) is 0 Å². The van der Waals surface area contributed by atoms with Crippen molar-refractivity contribution < 1.29 is 22.7 Å². The number of anilines is 1. The van der Waals surface area contributed by atoms with E-state index < -0.39 is 15.8 Å². The van der Waals surface area contributed by atoms with Gasteiger partial charge in [-0.3, -0.25) is 9.52 Å². The van der Waals surface area contributed by atoms with Crippen LogP contribution >= 0.6 is 11.3 Å². The van der Waals surface area contributed by atoms with Gasteiger partial charge in [0.1, 0.15) is 0 Å². The van der Waals surface area contributed by atoms with Crippen molar-refractivity contribution in [1.82, 2.24) is 9.88 Å². The lowest BCUT2D eigenvalue weighted by molar-refractivity contribution is -0.181. The molecule has 2 fully saturated rings. The van der Waals surface area contributed by atoms with Crippen LogP contribution in [0.15, 0.2) is 53.4 Å². The lowest BCUT2D eigenvalue weighted by Crippen LogP contribution is -2.47. The lowest BCUT2D eigenvalue weighted by Gasteiger charge is -2.37. The van der Waals surface area contributed by atoms with Crippen LogP contribution in [0.5, 0.6) is 0 Å². The maximum Gasteiger partial charge on any atom is 0.263 e. The first-order valence-corrected chi connectivity index (χ1v) is 12.3. The fraction of sp³-hybridized carbons (Fsp3) is 0.333. The number of nitrogens with one attached hydrogen (secondary N) is 1. The minimum absolute atomic E-state index is 0.0606. The molecule has 0 saturated carbocycles. The Morgan fingerprint density at radius 1 is 1.06 bits per heavy atom.